The number of anilines is 3. The molecule has 0 spiro atoms. The van der Waals surface area contributed by atoms with Crippen LogP contribution in [0.15, 0.2) is 48.5 Å². The van der Waals surface area contributed by atoms with Gasteiger partial charge in [0.05, 0.1) is 0 Å². The number of carbonyl (C=O) groups is 1. The molecular formula is C24H29BN7O3. The molecule has 11 heteroatoms. The molecule has 0 atom stereocenters. The Morgan fingerprint density at radius 2 is 1.66 bits per heavy atom. The van der Waals surface area contributed by atoms with Crippen LogP contribution in [0.4, 0.5) is 17.3 Å². The van der Waals surface area contributed by atoms with Gasteiger partial charge in [-0.2, -0.15) is 0 Å². The summed E-state index contributed by atoms with van der Waals surface area (Å²) in [6.07, 6.45) is 4.10. The van der Waals surface area contributed by atoms with Crippen molar-refractivity contribution in [2.45, 2.75) is 44.2 Å². The van der Waals surface area contributed by atoms with Crippen LogP contribution in [0.5, 0.6) is 11.5 Å². The van der Waals surface area contributed by atoms with E-state index in [1.54, 1.807) is 14.2 Å². The minimum atomic E-state index is -0.917. The molecule has 0 aliphatic heterocycles. The Hall–Kier alpha value is -3.89. The first-order chi connectivity index (χ1) is 17.0. The Labute approximate surface area is 205 Å². The molecule has 4 rings (SSSR count). The van der Waals surface area contributed by atoms with E-state index >= 15 is 0 Å². The van der Waals surface area contributed by atoms with Gasteiger partial charge in [0.2, 0.25) is 0 Å². The van der Waals surface area contributed by atoms with Gasteiger partial charge in [-0.15, -0.1) is 0 Å². The topological polar surface area (TPSA) is 120 Å². The van der Waals surface area contributed by atoms with Gasteiger partial charge in [-0.25, -0.2) is 0 Å². The van der Waals surface area contributed by atoms with Crippen LogP contribution in [-0.4, -0.2) is 58.9 Å². The molecule has 1 radical (unpaired) electrons. The number of hydrogen-bond acceptors (Lipinski definition) is 8. The molecule has 1 aliphatic rings. The number of carbonyl (C=O) groups excluding carboxylic acids is 1. The van der Waals surface area contributed by atoms with Crippen molar-refractivity contribution < 1.29 is 14.3 Å². The second-order valence-electron chi connectivity index (χ2n) is 8.49. The number of nitrogens with one attached hydrogen (secondary N) is 1. The average Bonchev–Trinajstić information content (AvgIpc) is 3.29. The number of hydrogen-bond donors (Lipinski definition) is 2. The molecule has 1 saturated carbocycles. The van der Waals surface area contributed by atoms with E-state index in [1.165, 1.54) is 4.68 Å². The third-order valence-electron chi connectivity index (χ3n) is 6.37. The second kappa shape index (κ2) is 10.6. The van der Waals surface area contributed by atoms with E-state index in [4.69, 9.17) is 22.7 Å². The molecule has 0 unspecified atom stereocenters. The van der Waals surface area contributed by atoms with Crippen molar-refractivity contribution in [3.05, 3.63) is 48.5 Å². The summed E-state index contributed by atoms with van der Waals surface area (Å²) < 4.78 is 12.0. The van der Waals surface area contributed by atoms with Gasteiger partial charge in [0.15, 0.2) is 0 Å². The van der Waals surface area contributed by atoms with Gasteiger partial charge in [0, 0.05) is 0 Å². The number of aromatic nitrogens is 4. The first kappa shape index (κ1) is 24.2. The molecule has 0 saturated heterocycles. The predicted molar refractivity (Wildman–Crippen MR) is 136 cm³/mol. The van der Waals surface area contributed by atoms with Gasteiger partial charge in [-0.3, -0.25) is 0 Å². The molecule has 1 fully saturated rings. The van der Waals surface area contributed by atoms with Gasteiger partial charge in [-0.05, 0) is 0 Å². The maximum atomic E-state index is 14.0. The standard InChI is InChI=1S/C24H29BN7O3/c1-34-19-10-6-17(7-11-19)27-22(33)24(14-4-3-5-15-24)32(18-8-12-20(35-2)13-9-18)21(25)16-31-23(26)28-29-30-31/h6-13H,3-5,14-16H2,1-2H3,(H,27,33)(H2,26,28,30). The van der Waals surface area contributed by atoms with E-state index < -0.39 is 5.54 Å². The van der Waals surface area contributed by atoms with Crippen LogP contribution in [0.1, 0.15) is 32.1 Å². The summed E-state index contributed by atoms with van der Waals surface area (Å²) in [5, 5.41) is 14.4. The van der Waals surface area contributed by atoms with Crippen LogP contribution < -0.4 is 25.4 Å². The van der Waals surface area contributed by atoms with Gasteiger partial charge >= 0.3 is 205 Å². The van der Waals surface area contributed by atoms with Crippen molar-refractivity contribution in [1.82, 2.24) is 20.2 Å². The Morgan fingerprint density at radius 3 is 2.20 bits per heavy atom. The normalized spacial score (nSPS) is 14.7. The molecule has 35 heavy (non-hydrogen) atoms. The Kier molecular flexibility index (Phi) is 7.33. The summed E-state index contributed by atoms with van der Waals surface area (Å²) in [7, 11) is 9.92. The number of rotatable bonds is 9. The van der Waals surface area contributed by atoms with Crippen molar-refractivity contribution in [1.29, 1.82) is 0 Å². The summed E-state index contributed by atoms with van der Waals surface area (Å²) in [6, 6.07) is 14.7. The van der Waals surface area contributed by atoms with E-state index in [-0.39, 0.29) is 18.4 Å². The number of nitrogens with two attached hydrogens (primary N) is 1. The van der Waals surface area contributed by atoms with Crippen LogP contribution in [0.2, 0.25) is 0 Å². The van der Waals surface area contributed by atoms with Crippen molar-refractivity contribution in [2.24, 2.45) is 0 Å². The van der Waals surface area contributed by atoms with Gasteiger partial charge in [-0.1, -0.05) is 0 Å². The number of ether oxygens (including phenoxy) is 2. The van der Waals surface area contributed by atoms with Gasteiger partial charge < -0.3 is 0 Å². The third kappa shape index (κ3) is 5.13. The molecule has 181 valence electrons. The van der Waals surface area contributed by atoms with E-state index in [0.29, 0.717) is 35.6 Å². The fourth-order valence-corrected chi connectivity index (χ4v) is 4.58. The Morgan fingerprint density at radius 1 is 1.06 bits per heavy atom. The summed E-state index contributed by atoms with van der Waals surface area (Å²) in [5.41, 5.74) is 6.83. The van der Waals surface area contributed by atoms with Gasteiger partial charge in [0.25, 0.3) is 0 Å². The van der Waals surface area contributed by atoms with Crippen LogP contribution in [0.25, 0.3) is 0 Å². The minimum absolute atomic E-state index is 0.127. The van der Waals surface area contributed by atoms with Crippen molar-refractivity contribution in [2.75, 3.05) is 30.2 Å². The zero-order valence-corrected chi connectivity index (χ0v) is 20.0. The molecule has 3 aromatic rings. The zero-order valence-electron chi connectivity index (χ0n) is 20.0. The van der Waals surface area contributed by atoms with E-state index in [9.17, 15) is 4.79 Å². The van der Waals surface area contributed by atoms with Crippen molar-refractivity contribution in [3.8, 4) is 11.5 Å². The number of benzene rings is 2. The molecule has 1 amide bonds. The number of tetrazole rings is 1. The number of amides is 1. The molecule has 10 nitrogen and oxygen atoms in total. The fourth-order valence-electron chi connectivity index (χ4n) is 4.58. The van der Waals surface area contributed by atoms with Crippen LogP contribution in [0, 0.1) is 0 Å². The molecule has 1 aliphatic carbocycles. The predicted octanol–water partition coefficient (Wildman–Crippen LogP) is 2.42. The summed E-state index contributed by atoms with van der Waals surface area (Å²) in [4.78, 5) is 15.9. The number of methoxy groups -OCH3 is 2. The Balaban J connectivity index is 1.73. The summed E-state index contributed by atoms with van der Waals surface area (Å²) in [6.45, 7) is 0.127. The van der Waals surface area contributed by atoms with E-state index in [2.05, 4.69) is 20.8 Å². The SMILES string of the molecule is [B]=C(Cn1nnnc1N)N(c1ccc(OC)cc1)C1(C(=O)Nc2ccc(OC)cc2)CCCCC1. The maximum absolute atomic E-state index is 14.0. The molecule has 2 aromatic carbocycles. The van der Waals surface area contributed by atoms with Gasteiger partial charge in [0.1, 0.15) is 0 Å². The molecule has 1 heterocycles. The molecule has 3 N–H and O–H groups in total. The van der Waals surface area contributed by atoms with Crippen LogP contribution in [0.3, 0.4) is 0 Å². The molecular weight excluding hydrogens is 445 g/mol. The Bertz CT molecular complexity index is 1160. The molecule has 0 bridgehead atoms. The summed E-state index contributed by atoms with van der Waals surface area (Å²) in [5.74, 6) is 1.43. The first-order valence-corrected chi connectivity index (χ1v) is 11.5. The van der Waals surface area contributed by atoms with Crippen LogP contribution >= 0.6 is 0 Å². The number of nitrogens with zero attached hydrogens (tertiary/aromatic N) is 5. The summed E-state index contributed by atoms with van der Waals surface area (Å²) >= 11 is 0. The zero-order chi connectivity index (χ0) is 24.8. The fraction of sp³-hybridized carbons (Fsp3) is 0.375. The average molecular weight is 474 g/mol. The second-order valence-corrected chi connectivity index (χ2v) is 8.49. The van der Waals surface area contributed by atoms with E-state index in [0.717, 1.165) is 24.9 Å². The number of nitrogen functional groups attached to an aromatic ring is 1. The molecule has 1 aromatic heterocycles. The first-order valence-electron chi connectivity index (χ1n) is 11.5. The van der Waals surface area contributed by atoms with Crippen molar-refractivity contribution in [3.63, 3.8) is 0 Å². The quantitative estimate of drug-likeness (QED) is 0.454. The van der Waals surface area contributed by atoms with Crippen molar-refractivity contribution >= 4 is 36.3 Å². The third-order valence-corrected chi connectivity index (χ3v) is 6.37. The van der Waals surface area contributed by atoms with Crippen LogP contribution in [-0.2, 0) is 11.3 Å². The van der Waals surface area contributed by atoms with E-state index in [1.807, 2.05) is 53.4 Å². The monoisotopic (exact) mass is 474 g/mol.